The lowest BCUT2D eigenvalue weighted by Gasteiger charge is -2.24. The van der Waals surface area contributed by atoms with Crippen LogP contribution in [0.5, 0.6) is 0 Å². The highest BCUT2D eigenvalue weighted by atomic mass is 15.2. The molecule has 0 saturated carbocycles. The molecule has 0 rings (SSSR count). The number of aliphatic imine (C=N–C) groups is 1. The quantitative estimate of drug-likeness (QED) is 0.499. The van der Waals surface area contributed by atoms with Crippen LogP contribution in [0.4, 0.5) is 0 Å². The zero-order valence-electron chi connectivity index (χ0n) is 13.8. The van der Waals surface area contributed by atoms with E-state index in [1.807, 2.05) is 7.05 Å². The minimum Gasteiger partial charge on any atom is -0.356 e. The SMILES string of the molecule is CCC(CC)CNC(=NC)NCCN(C)C(C)CC. The second-order valence-electron chi connectivity index (χ2n) is 5.30. The molecule has 1 atom stereocenters. The molecule has 0 spiro atoms. The normalized spacial score (nSPS) is 14.0. The van der Waals surface area contributed by atoms with Crippen molar-refractivity contribution in [1.82, 2.24) is 15.5 Å². The molecule has 19 heavy (non-hydrogen) atoms. The maximum absolute atomic E-state index is 4.27. The van der Waals surface area contributed by atoms with Crippen molar-refractivity contribution >= 4 is 5.96 Å². The Morgan fingerprint density at radius 2 is 1.74 bits per heavy atom. The molecule has 2 N–H and O–H groups in total. The average Bonchev–Trinajstić information content (AvgIpc) is 2.45. The van der Waals surface area contributed by atoms with Crippen molar-refractivity contribution in [2.75, 3.05) is 33.7 Å². The lowest BCUT2D eigenvalue weighted by molar-refractivity contribution is 0.255. The van der Waals surface area contributed by atoms with Crippen LogP contribution in [0.25, 0.3) is 0 Å². The molecule has 0 aliphatic heterocycles. The summed E-state index contributed by atoms with van der Waals surface area (Å²) in [5.74, 6) is 1.66. The van der Waals surface area contributed by atoms with E-state index >= 15 is 0 Å². The molecule has 0 aromatic heterocycles. The summed E-state index contributed by atoms with van der Waals surface area (Å²) in [5.41, 5.74) is 0. The molecule has 0 radical (unpaired) electrons. The number of hydrogen-bond acceptors (Lipinski definition) is 2. The second kappa shape index (κ2) is 11.1. The predicted molar refractivity (Wildman–Crippen MR) is 85.8 cm³/mol. The van der Waals surface area contributed by atoms with Crippen LogP contribution >= 0.6 is 0 Å². The topological polar surface area (TPSA) is 39.7 Å². The van der Waals surface area contributed by atoms with Gasteiger partial charge in [-0.3, -0.25) is 4.99 Å². The number of likely N-dealkylation sites (N-methyl/N-ethyl adjacent to an activating group) is 1. The number of guanidine groups is 1. The molecule has 4 nitrogen and oxygen atoms in total. The van der Waals surface area contributed by atoms with E-state index in [0.29, 0.717) is 6.04 Å². The van der Waals surface area contributed by atoms with Crippen LogP contribution in [-0.4, -0.2) is 50.6 Å². The molecule has 0 fully saturated rings. The first kappa shape index (κ1) is 18.2. The third kappa shape index (κ3) is 8.09. The van der Waals surface area contributed by atoms with Crippen molar-refractivity contribution in [2.24, 2.45) is 10.9 Å². The molecule has 0 saturated heterocycles. The summed E-state index contributed by atoms with van der Waals surface area (Å²) in [6.07, 6.45) is 3.63. The molecule has 0 amide bonds. The van der Waals surface area contributed by atoms with Gasteiger partial charge >= 0.3 is 0 Å². The van der Waals surface area contributed by atoms with Crippen LogP contribution in [-0.2, 0) is 0 Å². The Labute approximate surface area is 120 Å². The Morgan fingerprint density at radius 3 is 2.21 bits per heavy atom. The zero-order valence-corrected chi connectivity index (χ0v) is 13.8. The molecule has 0 aliphatic rings. The lowest BCUT2D eigenvalue weighted by atomic mass is 10.0. The van der Waals surface area contributed by atoms with Crippen molar-refractivity contribution in [2.45, 2.75) is 53.0 Å². The van der Waals surface area contributed by atoms with Crippen LogP contribution in [0.15, 0.2) is 4.99 Å². The third-order valence-electron chi connectivity index (χ3n) is 4.04. The van der Waals surface area contributed by atoms with E-state index in [0.717, 1.165) is 31.5 Å². The van der Waals surface area contributed by atoms with E-state index in [4.69, 9.17) is 0 Å². The van der Waals surface area contributed by atoms with Crippen LogP contribution in [0.1, 0.15) is 47.0 Å². The Hall–Kier alpha value is -0.770. The summed E-state index contributed by atoms with van der Waals surface area (Å²) in [7, 11) is 4.01. The smallest absolute Gasteiger partial charge is 0.191 e. The fraction of sp³-hybridized carbons (Fsp3) is 0.933. The Balaban J connectivity index is 3.89. The van der Waals surface area contributed by atoms with Gasteiger partial charge in [0.2, 0.25) is 0 Å². The van der Waals surface area contributed by atoms with Gasteiger partial charge in [-0.15, -0.1) is 0 Å². The second-order valence-corrected chi connectivity index (χ2v) is 5.30. The van der Waals surface area contributed by atoms with E-state index in [2.05, 4.69) is 55.3 Å². The van der Waals surface area contributed by atoms with Crippen molar-refractivity contribution < 1.29 is 0 Å². The van der Waals surface area contributed by atoms with Gasteiger partial charge < -0.3 is 15.5 Å². The predicted octanol–water partition coefficient (Wildman–Crippen LogP) is 2.32. The van der Waals surface area contributed by atoms with E-state index in [-0.39, 0.29) is 0 Å². The van der Waals surface area contributed by atoms with Gasteiger partial charge in [0.05, 0.1) is 0 Å². The molecule has 0 aliphatic carbocycles. The van der Waals surface area contributed by atoms with Gasteiger partial charge in [0.15, 0.2) is 5.96 Å². The average molecular weight is 270 g/mol. The van der Waals surface area contributed by atoms with Gasteiger partial charge in [0.1, 0.15) is 0 Å². The van der Waals surface area contributed by atoms with Gasteiger partial charge in [-0.2, -0.15) is 0 Å². The maximum Gasteiger partial charge on any atom is 0.191 e. The summed E-state index contributed by atoms with van der Waals surface area (Å²) in [6.45, 7) is 12.0. The van der Waals surface area contributed by atoms with Gasteiger partial charge in [-0.25, -0.2) is 0 Å². The third-order valence-corrected chi connectivity index (χ3v) is 4.04. The summed E-state index contributed by atoms with van der Waals surface area (Å²) in [4.78, 5) is 6.64. The highest BCUT2D eigenvalue weighted by Gasteiger charge is 2.07. The molecule has 0 aromatic carbocycles. The number of nitrogens with one attached hydrogen (secondary N) is 2. The van der Waals surface area contributed by atoms with Gasteiger partial charge in [-0.05, 0) is 26.3 Å². The van der Waals surface area contributed by atoms with Crippen LogP contribution < -0.4 is 10.6 Å². The van der Waals surface area contributed by atoms with Gasteiger partial charge in [0, 0.05) is 32.7 Å². The zero-order chi connectivity index (χ0) is 14.7. The molecule has 0 bridgehead atoms. The van der Waals surface area contributed by atoms with Crippen LogP contribution in [0, 0.1) is 5.92 Å². The molecule has 114 valence electrons. The minimum atomic E-state index is 0.640. The van der Waals surface area contributed by atoms with Crippen molar-refractivity contribution in [1.29, 1.82) is 0 Å². The van der Waals surface area contributed by atoms with Crippen molar-refractivity contribution in [3.05, 3.63) is 0 Å². The van der Waals surface area contributed by atoms with E-state index in [1.54, 1.807) is 0 Å². The summed E-state index contributed by atoms with van der Waals surface area (Å²) in [5, 5.41) is 6.79. The largest absolute Gasteiger partial charge is 0.356 e. The molecule has 1 unspecified atom stereocenters. The Morgan fingerprint density at radius 1 is 1.11 bits per heavy atom. The number of hydrogen-bond donors (Lipinski definition) is 2. The van der Waals surface area contributed by atoms with E-state index < -0.39 is 0 Å². The Bertz CT molecular complexity index is 236. The molecule has 0 aromatic rings. The van der Waals surface area contributed by atoms with Crippen LogP contribution in [0.2, 0.25) is 0 Å². The fourth-order valence-electron chi connectivity index (χ4n) is 1.92. The lowest BCUT2D eigenvalue weighted by Crippen LogP contribution is -2.43. The monoisotopic (exact) mass is 270 g/mol. The molecular weight excluding hydrogens is 236 g/mol. The summed E-state index contributed by atoms with van der Waals surface area (Å²) < 4.78 is 0. The van der Waals surface area contributed by atoms with Crippen LogP contribution in [0.3, 0.4) is 0 Å². The molecular formula is C15H34N4. The Kier molecular flexibility index (Phi) is 10.6. The summed E-state index contributed by atoms with van der Waals surface area (Å²) in [6, 6.07) is 0.640. The number of nitrogens with zero attached hydrogens (tertiary/aromatic N) is 2. The first-order valence-electron chi connectivity index (χ1n) is 7.73. The highest BCUT2D eigenvalue weighted by molar-refractivity contribution is 5.79. The van der Waals surface area contributed by atoms with E-state index in [1.165, 1.54) is 19.3 Å². The minimum absolute atomic E-state index is 0.640. The van der Waals surface area contributed by atoms with Gasteiger partial charge in [0.25, 0.3) is 0 Å². The first-order chi connectivity index (χ1) is 9.08. The molecule has 0 heterocycles. The number of rotatable bonds is 9. The fourth-order valence-corrected chi connectivity index (χ4v) is 1.92. The van der Waals surface area contributed by atoms with E-state index in [9.17, 15) is 0 Å². The molecule has 4 heteroatoms. The van der Waals surface area contributed by atoms with Crippen molar-refractivity contribution in [3.8, 4) is 0 Å². The highest BCUT2D eigenvalue weighted by Crippen LogP contribution is 2.04. The summed E-state index contributed by atoms with van der Waals surface area (Å²) >= 11 is 0. The maximum atomic E-state index is 4.27. The van der Waals surface area contributed by atoms with Gasteiger partial charge in [-0.1, -0.05) is 33.6 Å². The first-order valence-corrected chi connectivity index (χ1v) is 7.73. The standard InChI is InChI=1S/C15H34N4/c1-7-13(4)19(6)11-10-17-15(16-5)18-12-14(8-2)9-3/h13-14H,7-12H2,1-6H3,(H2,16,17,18). The van der Waals surface area contributed by atoms with Crippen molar-refractivity contribution in [3.63, 3.8) is 0 Å².